The number of carbonyl (C=O) groups is 2. The lowest BCUT2D eigenvalue weighted by molar-refractivity contribution is -0.140. The van der Waals surface area contributed by atoms with Crippen molar-refractivity contribution in [2.75, 3.05) is 39.4 Å². The smallest absolute Gasteiger partial charge is 0.295 e. The monoisotopic (exact) mass is 442 g/mol. The van der Waals surface area contributed by atoms with Gasteiger partial charge < -0.3 is 14.7 Å². The molecule has 0 bridgehead atoms. The minimum absolute atomic E-state index is 0.106. The maximum Gasteiger partial charge on any atom is 0.295 e. The molecular weight excluding hydrogens is 416 g/mol. The molecule has 0 aromatic carbocycles. The van der Waals surface area contributed by atoms with Crippen LogP contribution in [0.15, 0.2) is 29.3 Å². The Labute approximate surface area is 185 Å². The maximum atomic E-state index is 13.0. The summed E-state index contributed by atoms with van der Waals surface area (Å²) in [4.78, 5) is 39.1. The van der Waals surface area contributed by atoms with Crippen molar-refractivity contribution in [1.29, 1.82) is 0 Å². The van der Waals surface area contributed by atoms with Gasteiger partial charge in [0.25, 0.3) is 11.7 Å². The zero-order valence-corrected chi connectivity index (χ0v) is 18.5. The highest BCUT2D eigenvalue weighted by Gasteiger charge is 2.46. The van der Waals surface area contributed by atoms with Crippen LogP contribution in [0.25, 0.3) is 5.76 Å². The molecule has 0 saturated carbocycles. The van der Waals surface area contributed by atoms with E-state index < -0.39 is 17.7 Å². The number of aliphatic hydroxyl groups excluding tert-OH is 1. The fourth-order valence-corrected chi connectivity index (χ4v) is 4.95. The Balaban J connectivity index is 1.64. The number of hydrogen-bond donors (Lipinski definition) is 1. The molecule has 8 nitrogen and oxygen atoms in total. The zero-order chi connectivity index (χ0) is 22.0. The quantitative estimate of drug-likeness (QED) is 0.417. The normalized spacial score (nSPS) is 21.7. The number of aryl methyl sites for hydroxylation is 2. The van der Waals surface area contributed by atoms with Gasteiger partial charge in [-0.05, 0) is 31.7 Å². The summed E-state index contributed by atoms with van der Waals surface area (Å²) in [5.41, 5.74) is 1.04. The molecule has 4 rings (SSSR count). The molecule has 164 valence electrons. The first kappa shape index (κ1) is 21.6. The van der Waals surface area contributed by atoms with Crippen molar-refractivity contribution >= 4 is 28.8 Å². The van der Waals surface area contributed by atoms with Gasteiger partial charge in [0.2, 0.25) is 0 Å². The number of hydrogen-bond acceptors (Lipinski definition) is 8. The molecule has 1 unspecified atom stereocenters. The van der Waals surface area contributed by atoms with Gasteiger partial charge >= 0.3 is 0 Å². The molecule has 2 aromatic heterocycles. The second-order valence-electron chi connectivity index (χ2n) is 7.73. The number of amides is 1. The number of Topliss-reactive ketones (excluding diaryl/α,β-unsaturated/α-hetero) is 1. The number of aliphatic hydroxyl groups is 1. The second kappa shape index (κ2) is 9.25. The van der Waals surface area contributed by atoms with Gasteiger partial charge in [-0.2, -0.15) is 0 Å². The Morgan fingerprint density at radius 2 is 2.03 bits per heavy atom. The Hall–Kier alpha value is -2.62. The lowest BCUT2D eigenvalue weighted by Crippen LogP contribution is -2.38. The van der Waals surface area contributed by atoms with Crippen LogP contribution in [0, 0.1) is 13.8 Å². The van der Waals surface area contributed by atoms with Crippen LogP contribution < -0.4 is 0 Å². The topological polar surface area (TPSA) is 95.9 Å². The van der Waals surface area contributed by atoms with E-state index in [9.17, 15) is 14.7 Å². The minimum Gasteiger partial charge on any atom is -0.507 e. The molecule has 2 fully saturated rings. The molecule has 2 aliphatic heterocycles. The van der Waals surface area contributed by atoms with Gasteiger partial charge in [0.1, 0.15) is 11.6 Å². The highest BCUT2D eigenvalue weighted by Crippen LogP contribution is 2.41. The number of rotatable bonds is 6. The molecule has 2 saturated heterocycles. The van der Waals surface area contributed by atoms with Gasteiger partial charge in [0.15, 0.2) is 0 Å². The number of morpholine rings is 1. The summed E-state index contributed by atoms with van der Waals surface area (Å²) >= 11 is 1.46. The summed E-state index contributed by atoms with van der Waals surface area (Å²) < 4.78 is 5.38. The Bertz CT molecular complexity index is 999. The molecule has 31 heavy (non-hydrogen) atoms. The fourth-order valence-electron chi connectivity index (χ4n) is 4.10. The molecule has 4 heterocycles. The predicted molar refractivity (Wildman–Crippen MR) is 117 cm³/mol. The molecule has 0 spiro atoms. The van der Waals surface area contributed by atoms with Crippen LogP contribution in [0.2, 0.25) is 0 Å². The second-order valence-corrected chi connectivity index (χ2v) is 8.71. The van der Waals surface area contributed by atoms with Crippen molar-refractivity contribution in [3.63, 3.8) is 0 Å². The minimum atomic E-state index is -0.665. The molecule has 1 amide bonds. The van der Waals surface area contributed by atoms with Gasteiger partial charge in [-0.3, -0.25) is 14.5 Å². The third kappa shape index (κ3) is 4.39. The lowest BCUT2D eigenvalue weighted by Gasteiger charge is -2.28. The first-order valence-electron chi connectivity index (χ1n) is 10.4. The van der Waals surface area contributed by atoms with Crippen molar-refractivity contribution in [2.24, 2.45) is 0 Å². The van der Waals surface area contributed by atoms with Crippen molar-refractivity contribution < 1.29 is 19.4 Å². The van der Waals surface area contributed by atoms with E-state index in [1.54, 1.807) is 18.7 Å². The van der Waals surface area contributed by atoms with E-state index in [4.69, 9.17) is 4.74 Å². The molecule has 1 N–H and O–H groups in total. The summed E-state index contributed by atoms with van der Waals surface area (Å²) in [6.45, 7) is 7.96. The Morgan fingerprint density at radius 3 is 2.71 bits per heavy atom. The van der Waals surface area contributed by atoms with Gasteiger partial charge in [-0.25, -0.2) is 9.97 Å². The lowest BCUT2D eigenvalue weighted by atomic mass is 10.00. The predicted octanol–water partition coefficient (Wildman–Crippen LogP) is 2.30. The standard InChI is InChI=1S/C22H26N4O4S/c1-14-16(13-23-15(2)24-14)20(27)18-19(17-5-3-12-31-17)26(22(29)21(18)28)7-4-6-25-8-10-30-11-9-25/h3,5,12-13,19,27H,4,6-11H2,1-2H3. The summed E-state index contributed by atoms with van der Waals surface area (Å²) in [6, 6.07) is 3.17. The van der Waals surface area contributed by atoms with Crippen molar-refractivity contribution in [3.8, 4) is 0 Å². The van der Waals surface area contributed by atoms with E-state index in [1.165, 1.54) is 17.5 Å². The first-order chi connectivity index (χ1) is 15.0. The number of aromatic nitrogens is 2. The van der Waals surface area contributed by atoms with Gasteiger partial charge in [0, 0.05) is 37.3 Å². The van der Waals surface area contributed by atoms with E-state index >= 15 is 0 Å². The average Bonchev–Trinajstić information content (AvgIpc) is 3.37. The number of nitrogens with zero attached hydrogens (tertiary/aromatic N) is 4. The van der Waals surface area contributed by atoms with E-state index in [0.717, 1.165) is 44.1 Å². The molecule has 1 atom stereocenters. The molecule has 2 aliphatic rings. The van der Waals surface area contributed by atoms with E-state index in [0.29, 0.717) is 23.6 Å². The van der Waals surface area contributed by atoms with Gasteiger partial charge in [0.05, 0.1) is 36.1 Å². The van der Waals surface area contributed by atoms with Crippen molar-refractivity contribution in [2.45, 2.75) is 26.3 Å². The fraction of sp³-hybridized carbons (Fsp3) is 0.455. The highest BCUT2D eigenvalue weighted by molar-refractivity contribution is 7.10. The van der Waals surface area contributed by atoms with E-state index in [2.05, 4.69) is 14.9 Å². The van der Waals surface area contributed by atoms with Gasteiger partial charge in [-0.15, -0.1) is 11.3 Å². The van der Waals surface area contributed by atoms with Gasteiger partial charge in [-0.1, -0.05) is 6.07 Å². The van der Waals surface area contributed by atoms with Crippen LogP contribution in [0.3, 0.4) is 0 Å². The van der Waals surface area contributed by atoms with Crippen LogP contribution in [0.1, 0.15) is 34.4 Å². The molecule has 9 heteroatoms. The Morgan fingerprint density at radius 1 is 1.26 bits per heavy atom. The highest BCUT2D eigenvalue weighted by atomic mass is 32.1. The van der Waals surface area contributed by atoms with Crippen LogP contribution >= 0.6 is 11.3 Å². The number of ether oxygens (including phenoxy) is 1. The summed E-state index contributed by atoms with van der Waals surface area (Å²) in [7, 11) is 0. The van der Waals surface area contributed by atoms with Crippen LogP contribution in [-0.4, -0.2) is 76.0 Å². The number of thiophene rings is 1. The third-order valence-electron chi connectivity index (χ3n) is 5.68. The average molecular weight is 443 g/mol. The summed E-state index contributed by atoms with van der Waals surface area (Å²) in [5, 5.41) is 13.0. The molecule has 2 aromatic rings. The van der Waals surface area contributed by atoms with Crippen LogP contribution in [0.5, 0.6) is 0 Å². The molecule has 0 aliphatic carbocycles. The Kier molecular flexibility index (Phi) is 6.45. The third-order valence-corrected chi connectivity index (χ3v) is 6.61. The number of ketones is 1. The molecular formula is C22H26N4O4S. The molecule has 0 radical (unpaired) electrons. The summed E-state index contributed by atoms with van der Waals surface area (Å²) in [6.07, 6.45) is 2.24. The largest absolute Gasteiger partial charge is 0.507 e. The van der Waals surface area contributed by atoms with Crippen molar-refractivity contribution in [1.82, 2.24) is 19.8 Å². The van der Waals surface area contributed by atoms with E-state index in [-0.39, 0.29) is 11.3 Å². The van der Waals surface area contributed by atoms with Crippen LogP contribution in [-0.2, 0) is 14.3 Å². The zero-order valence-electron chi connectivity index (χ0n) is 17.7. The summed E-state index contributed by atoms with van der Waals surface area (Å²) in [5.74, 6) is -0.882. The SMILES string of the molecule is Cc1ncc(C(O)=C2C(=O)C(=O)N(CCCN3CCOCC3)C2c2cccs2)c(C)n1. The van der Waals surface area contributed by atoms with Crippen molar-refractivity contribution in [3.05, 3.63) is 51.2 Å². The number of likely N-dealkylation sites (tertiary alicyclic amines) is 1. The maximum absolute atomic E-state index is 13.0. The van der Waals surface area contributed by atoms with E-state index in [1.807, 2.05) is 17.5 Å². The number of carbonyl (C=O) groups excluding carboxylic acids is 2. The first-order valence-corrected chi connectivity index (χ1v) is 11.3. The van der Waals surface area contributed by atoms with Crippen LogP contribution in [0.4, 0.5) is 0 Å².